The van der Waals surface area contributed by atoms with Crippen molar-refractivity contribution in [3.63, 3.8) is 0 Å². The zero-order chi connectivity index (χ0) is 13.2. The molecule has 0 saturated carbocycles. The molecule has 0 aromatic heterocycles. The number of methoxy groups -OCH3 is 1. The molecule has 0 radical (unpaired) electrons. The molecule has 0 saturated heterocycles. The lowest BCUT2D eigenvalue weighted by Crippen LogP contribution is -2.37. The molecule has 18 heavy (non-hydrogen) atoms. The average Bonchev–Trinajstić information content (AvgIpc) is 2.42. The van der Waals surface area contributed by atoms with E-state index in [0.717, 1.165) is 11.5 Å². The smallest absolute Gasteiger partial charge is 0.166 e. The number of thiocarbonyl (C=S) groups is 1. The lowest BCUT2D eigenvalue weighted by molar-refractivity contribution is 0.321. The van der Waals surface area contributed by atoms with Crippen molar-refractivity contribution in [2.24, 2.45) is 0 Å². The van der Waals surface area contributed by atoms with Crippen LogP contribution in [0, 0.1) is 0 Å². The SMILES string of the molecule is C=CCNC(=S)NCCOc1ccc(OC)cc1. The molecule has 0 bridgehead atoms. The van der Waals surface area contributed by atoms with E-state index in [9.17, 15) is 0 Å². The highest BCUT2D eigenvalue weighted by Crippen LogP contribution is 2.16. The molecule has 0 aliphatic carbocycles. The first-order valence-electron chi connectivity index (χ1n) is 5.65. The van der Waals surface area contributed by atoms with Gasteiger partial charge in [0, 0.05) is 6.54 Å². The molecule has 2 N–H and O–H groups in total. The van der Waals surface area contributed by atoms with Gasteiger partial charge in [0.2, 0.25) is 0 Å². The van der Waals surface area contributed by atoms with E-state index in [1.54, 1.807) is 13.2 Å². The predicted octanol–water partition coefficient (Wildman–Crippen LogP) is 1.72. The van der Waals surface area contributed by atoms with Crippen LogP contribution in [0.4, 0.5) is 0 Å². The van der Waals surface area contributed by atoms with Gasteiger partial charge in [-0.3, -0.25) is 0 Å². The first kappa shape index (κ1) is 14.3. The molecule has 0 amide bonds. The second-order valence-electron chi connectivity index (χ2n) is 3.45. The normalized spacial score (nSPS) is 9.39. The summed E-state index contributed by atoms with van der Waals surface area (Å²) in [5.41, 5.74) is 0. The molecule has 5 heteroatoms. The highest BCUT2D eigenvalue weighted by atomic mass is 32.1. The Kier molecular flexibility index (Phi) is 6.64. The Morgan fingerprint density at radius 3 is 2.56 bits per heavy atom. The van der Waals surface area contributed by atoms with E-state index < -0.39 is 0 Å². The Balaban J connectivity index is 2.17. The Bertz CT molecular complexity index is 379. The van der Waals surface area contributed by atoms with E-state index in [0.29, 0.717) is 24.8 Å². The Labute approximate surface area is 113 Å². The molecule has 0 spiro atoms. The van der Waals surface area contributed by atoms with E-state index in [4.69, 9.17) is 21.7 Å². The number of ether oxygens (including phenoxy) is 2. The van der Waals surface area contributed by atoms with Gasteiger partial charge in [0.1, 0.15) is 18.1 Å². The molecule has 0 unspecified atom stereocenters. The summed E-state index contributed by atoms with van der Waals surface area (Å²) in [6.07, 6.45) is 1.75. The summed E-state index contributed by atoms with van der Waals surface area (Å²) in [5.74, 6) is 1.62. The maximum Gasteiger partial charge on any atom is 0.166 e. The van der Waals surface area contributed by atoms with Gasteiger partial charge < -0.3 is 20.1 Å². The van der Waals surface area contributed by atoms with Crippen molar-refractivity contribution in [2.45, 2.75) is 0 Å². The molecular weight excluding hydrogens is 248 g/mol. The minimum Gasteiger partial charge on any atom is -0.497 e. The average molecular weight is 266 g/mol. The zero-order valence-corrected chi connectivity index (χ0v) is 11.3. The third-order valence-corrected chi connectivity index (χ3v) is 2.41. The topological polar surface area (TPSA) is 42.5 Å². The molecular formula is C13H18N2O2S. The van der Waals surface area contributed by atoms with Crippen molar-refractivity contribution in [1.29, 1.82) is 0 Å². The van der Waals surface area contributed by atoms with Crippen molar-refractivity contribution in [2.75, 3.05) is 26.8 Å². The number of hydrogen-bond donors (Lipinski definition) is 2. The quantitative estimate of drug-likeness (QED) is 0.447. The van der Waals surface area contributed by atoms with E-state index in [1.165, 1.54) is 0 Å². The van der Waals surface area contributed by atoms with Crippen LogP contribution in [0.5, 0.6) is 11.5 Å². The molecule has 0 atom stereocenters. The van der Waals surface area contributed by atoms with Gasteiger partial charge in [-0.2, -0.15) is 0 Å². The monoisotopic (exact) mass is 266 g/mol. The molecule has 0 heterocycles. The molecule has 1 aromatic carbocycles. The van der Waals surface area contributed by atoms with Crippen molar-refractivity contribution in [3.8, 4) is 11.5 Å². The summed E-state index contributed by atoms with van der Waals surface area (Å²) in [5, 5.41) is 6.61. The van der Waals surface area contributed by atoms with Crippen molar-refractivity contribution < 1.29 is 9.47 Å². The number of hydrogen-bond acceptors (Lipinski definition) is 3. The van der Waals surface area contributed by atoms with Gasteiger partial charge in [0.15, 0.2) is 5.11 Å². The molecule has 98 valence electrons. The van der Waals surface area contributed by atoms with E-state index >= 15 is 0 Å². The summed E-state index contributed by atoms with van der Waals surface area (Å²) in [6.45, 7) is 5.45. The summed E-state index contributed by atoms with van der Waals surface area (Å²) in [4.78, 5) is 0. The molecule has 0 fully saturated rings. The van der Waals surface area contributed by atoms with Crippen LogP contribution < -0.4 is 20.1 Å². The lowest BCUT2D eigenvalue weighted by atomic mass is 10.3. The first-order valence-corrected chi connectivity index (χ1v) is 6.06. The maximum atomic E-state index is 5.53. The van der Waals surface area contributed by atoms with E-state index in [-0.39, 0.29) is 0 Å². The summed E-state index contributed by atoms with van der Waals surface area (Å²) in [6, 6.07) is 7.46. The highest BCUT2D eigenvalue weighted by Gasteiger charge is 1.96. The maximum absolute atomic E-state index is 5.53. The van der Waals surface area contributed by atoms with Crippen LogP contribution >= 0.6 is 12.2 Å². The van der Waals surface area contributed by atoms with Crippen molar-refractivity contribution in [1.82, 2.24) is 10.6 Å². The second-order valence-corrected chi connectivity index (χ2v) is 3.86. The standard InChI is InChI=1S/C13H18N2O2S/c1-3-8-14-13(18)15-9-10-17-12-6-4-11(16-2)5-7-12/h3-7H,1,8-10H2,2H3,(H2,14,15,18). The fourth-order valence-corrected chi connectivity index (χ4v) is 1.42. The number of nitrogens with one attached hydrogen (secondary N) is 2. The molecule has 4 nitrogen and oxygen atoms in total. The van der Waals surface area contributed by atoms with Gasteiger partial charge in [-0.25, -0.2) is 0 Å². The van der Waals surface area contributed by atoms with Gasteiger partial charge in [-0.05, 0) is 36.5 Å². The largest absolute Gasteiger partial charge is 0.497 e. The number of rotatable bonds is 7. The van der Waals surface area contributed by atoms with Crippen LogP contribution in [-0.2, 0) is 0 Å². The number of benzene rings is 1. The Morgan fingerprint density at radius 2 is 1.94 bits per heavy atom. The minimum atomic E-state index is 0.544. The first-order chi connectivity index (χ1) is 8.76. The second kappa shape index (κ2) is 8.36. The van der Waals surface area contributed by atoms with E-state index in [1.807, 2.05) is 24.3 Å². The predicted molar refractivity (Wildman–Crippen MR) is 77.3 cm³/mol. The Hall–Kier alpha value is -1.75. The molecule has 0 aliphatic rings. The summed E-state index contributed by atoms with van der Waals surface area (Å²) < 4.78 is 10.6. The fraction of sp³-hybridized carbons (Fsp3) is 0.308. The van der Waals surface area contributed by atoms with Gasteiger partial charge in [-0.1, -0.05) is 6.08 Å². The van der Waals surface area contributed by atoms with Crippen LogP contribution in [0.15, 0.2) is 36.9 Å². The van der Waals surface area contributed by atoms with Crippen LogP contribution in [-0.4, -0.2) is 31.9 Å². The van der Waals surface area contributed by atoms with E-state index in [2.05, 4.69) is 17.2 Å². The minimum absolute atomic E-state index is 0.544. The molecule has 0 aliphatic heterocycles. The molecule has 1 aromatic rings. The third kappa shape index (κ3) is 5.54. The van der Waals surface area contributed by atoms with Crippen LogP contribution in [0.25, 0.3) is 0 Å². The highest BCUT2D eigenvalue weighted by molar-refractivity contribution is 7.80. The van der Waals surface area contributed by atoms with Gasteiger partial charge in [0.25, 0.3) is 0 Å². The zero-order valence-electron chi connectivity index (χ0n) is 10.4. The molecule has 1 rings (SSSR count). The third-order valence-electron chi connectivity index (χ3n) is 2.12. The van der Waals surface area contributed by atoms with Crippen LogP contribution in [0.1, 0.15) is 0 Å². The van der Waals surface area contributed by atoms with Gasteiger partial charge in [-0.15, -0.1) is 6.58 Å². The summed E-state index contributed by atoms with van der Waals surface area (Å²) in [7, 11) is 1.64. The van der Waals surface area contributed by atoms with Gasteiger partial charge in [0.05, 0.1) is 13.7 Å². The van der Waals surface area contributed by atoms with Crippen LogP contribution in [0.2, 0.25) is 0 Å². The Morgan fingerprint density at radius 1 is 1.28 bits per heavy atom. The van der Waals surface area contributed by atoms with Crippen molar-refractivity contribution >= 4 is 17.3 Å². The van der Waals surface area contributed by atoms with Gasteiger partial charge >= 0.3 is 0 Å². The summed E-state index contributed by atoms with van der Waals surface area (Å²) >= 11 is 5.04. The van der Waals surface area contributed by atoms with Crippen molar-refractivity contribution in [3.05, 3.63) is 36.9 Å². The lowest BCUT2D eigenvalue weighted by Gasteiger charge is -2.10. The van der Waals surface area contributed by atoms with Crippen LogP contribution in [0.3, 0.4) is 0 Å². The fourth-order valence-electron chi connectivity index (χ4n) is 1.23.